The second-order valence-electron chi connectivity index (χ2n) is 13.0. The highest BCUT2D eigenvalue weighted by Gasteiger charge is 2.21. The summed E-state index contributed by atoms with van der Waals surface area (Å²) < 4.78 is 11.8. The van der Waals surface area contributed by atoms with Crippen LogP contribution in [0.2, 0.25) is 0 Å². The number of ether oxygens (including phenoxy) is 2. The molecule has 1 fully saturated rings. The Kier molecular flexibility index (Phi) is 12.8. The van der Waals surface area contributed by atoms with Crippen molar-refractivity contribution in [2.45, 2.75) is 32.6 Å². The van der Waals surface area contributed by atoms with Gasteiger partial charge in [0.1, 0.15) is 11.5 Å². The number of piperazine rings is 1. The van der Waals surface area contributed by atoms with Crippen molar-refractivity contribution >= 4 is 28.9 Å². The quantitative estimate of drug-likeness (QED) is 0.0784. The number of benzene rings is 4. The molecule has 51 heavy (non-hydrogen) atoms. The number of nitro groups is 1. The summed E-state index contributed by atoms with van der Waals surface area (Å²) in [5.41, 5.74) is 4.11. The number of unbranched alkanes of at least 4 members (excludes halogenated alkanes) is 3. The van der Waals surface area contributed by atoms with E-state index in [1.165, 1.54) is 32.1 Å². The maximum Gasteiger partial charge on any atom is 0.269 e. The third kappa shape index (κ3) is 9.71. The van der Waals surface area contributed by atoms with E-state index < -0.39 is 10.8 Å². The minimum Gasteiger partial charge on any atom is -0.495 e. The fraction of sp³-hybridized carbons (Fsp3) is 0.350. The molecule has 11 heteroatoms. The first-order valence-corrected chi connectivity index (χ1v) is 17.4. The first-order valence-electron chi connectivity index (χ1n) is 17.4. The molecule has 1 heterocycles. The van der Waals surface area contributed by atoms with Crippen LogP contribution in [0.3, 0.4) is 0 Å². The summed E-state index contributed by atoms with van der Waals surface area (Å²) in [6, 6.07) is 23.8. The Morgan fingerprint density at radius 1 is 0.882 bits per heavy atom. The Balaban J connectivity index is 1.20. The Morgan fingerprint density at radius 3 is 2.33 bits per heavy atom. The summed E-state index contributed by atoms with van der Waals surface area (Å²) in [5, 5.41) is 14.0. The minimum atomic E-state index is -0.465. The van der Waals surface area contributed by atoms with Crippen LogP contribution in [0.15, 0.2) is 84.9 Å². The van der Waals surface area contributed by atoms with Crippen molar-refractivity contribution in [2.24, 2.45) is 0 Å². The van der Waals surface area contributed by atoms with Crippen LogP contribution in [0.4, 0.5) is 17.1 Å². The van der Waals surface area contributed by atoms with E-state index in [2.05, 4.69) is 22.2 Å². The highest BCUT2D eigenvalue weighted by molar-refractivity contribution is 6.10. The number of carbonyl (C=O) groups excluding carboxylic acids is 2. The number of nitrogens with zero attached hydrogens (tertiary/aromatic N) is 4. The molecule has 0 bridgehead atoms. The van der Waals surface area contributed by atoms with E-state index in [4.69, 9.17) is 9.47 Å². The summed E-state index contributed by atoms with van der Waals surface area (Å²) in [4.78, 5) is 44.4. The summed E-state index contributed by atoms with van der Waals surface area (Å²) in [7, 11) is 5.38. The number of carbonyl (C=O) groups is 2. The monoisotopic (exact) mass is 693 g/mol. The van der Waals surface area contributed by atoms with E-state index in [1.54, 1.807) is 66.5 Å². The molecule has 0 unspecified atom stereocenters. The molecule has 268 valence electrons. The number of nitrogens with one attached hydrogen (secondary N) is 1. The zero-order valence-electron chi connectivity index (χ0n) is 29.9. The van der Waals surface area contributed by atoms with Gasteiger partial charge in [0, 0.05) is 56.5 Å². The Bertz CT molecular complexity index is 1820. The molecule has 1 saturated heterocycles. The van der Waals surface area contributed by atoms with Gasteiger partial charge in [-0.1, -0.05) is 37.1 Å². The molecule has 4 aromatic rings. The van der Waals surface area contributed by atoms with Gasteiger partial charge >= 0.3 is 0 Å². The number of hydrogen-bond donors (Lipinski definition) is 1. The molecule has 11 nitrogen and oxygen atoms in total. The smallest absolute Gasteiger partial charge is 0.269 e. The van der Waals surface area contributed by atoms with Gasteiger partial charge in [-0.25, -0.2) is 0 Å². The molecule has 0 aromatic heterocycles. The second kappa shape index (κ2) is 17.6. The Morgan fingerprint density at radius 2 is 1.61 bits per heavy atom. The minimum absolute atomic E-state index is 0.0326. The number of rotatable bonds is 15. The number of amides is 2. The summed E-state index contributed by atoms with van der Waals surface area (Å²) >= 11 is 0. The molecule has 0 saturated carbocycles. The number of aryl methyl sites for hydroxylation is 1. The lowest BCUT2D eigenvalue weighted by molar-refractivity contribution is -0.384. The van der Waals surface area contributed by atoms with Crippen molar-refractivity contribution in [1.82, 2.24) is 9.80 Å². The summed E-state index contributed by atoms with van der Waals surface area (Å²) in [6.45, 7) is 8.31. The number of hydrogen-bond acceptors (Lipinski definition) is 8. The van der Waals surface area contributed by atoms with Crippen LogP contribution in [-0.2, 0) is 0 Å². The van der Waals surface area contributed by atoms with Gasteiger partial charge in [-0.2, -0.15) is 0 Å². The van der Waals surface area contributed by atoms with Crippen molar-refractivity contribution in [3.05, 3.63) is 112 Å². The number of anilines is 2. The van der Waals surface area contributed by atoms with E-state index in [0.29, 0.717) is 51.7 Å². The second-order valence-corrected chi connectivity index (χ2v) is 13.0. The van der Waals surface area contributed by atoms with Crippen LogP contribution in [0.5, 0.6) is 11.5 Å². The molecule has 2 amide bonds. The maximum absolute atomic E-state index is 13.7. The normalized spacial score (nSPS) is 13.4. The van der Waals surface area contributed by atoms with Gasteiger partial charge in [0.15, 0.2) is 0 Å². The molecule has 0 spiro atoms. The van der Waals surface area contributed by atoms with E-state index in [-0.39, 0.29) is 11.6 Å². The number of nitro benzene ring substituents is 1. The standard InChI is InChI=1S/C40H47N5O6/c1-29-13-20-36(38(27-29)51-26-10-6-5-9-21-44-24-22-42(2)23-25-44)43(3)40(47)31-16-19-35(37(28-31)50-4)41-39(46)34-12-8-7-11-33(34)30-14-17-32(18-15-30)45(48)49/h7-8,11-20,27-28H,5-6,9-10,21-26H2,1-4H3,(H,41,46). The fourth-order valence-corrected chi connectivity index (χ4v) is 6.17. The van der Waals surface area contributed by atoms with Crippen LogP contribution in [0.25, 0.3) is 11.1 Å². The number of likely N-dealkylation sites (N-methyl/N-ethyl adjacent to an activating group) is 1. The summed E-state index contributed by atoms with van der Waals surface area (Å²) in [6.07, 6.45) is 4.39. The average molecular weight is 694 g/mol. The van der Waals surface area contributed by atoms with Gasteiger partial charge in [-0.15, -0.1) is 0 Å². The van der Waals surface area contributed by atoms with Crippen LogP contribution in [0, 0.1) is 17.0 Å². The number of non-ortho nitro benzene ring substituents is 1. The van der Waals surface area contributed by atoms with E-state index in [0.717, 1.165) is 51.1 Å². The van der Waals surface area contributed by atoms with Gasteiger partial charge in [0.2, 0.25) is 0 Å². The Hall–Kier alpha value is -5.26. The predicted octanol–water partition coefficient (Wildman–Crippen LogP) is 7.29. The SMILES string of the molecule is COc1cc(C(=O)N(C)c2ccc(C)cc2OCCCCCCN2CCN(C)CC2)ccc1NC(=O)c1ccccc1-c1ccc([N+](=O)[O-])cc1. The first-order chi connectivity index (χ1) is 24.6. The lowest BCUT2D eigenvalue weighted by atomic mass is 9.99. The predicted molar refractivity (Wildman–Crippen MR) is 201 cm³/mol. The Labute approximate surface area is 299 Å². The molecule has 1 N–H and O–H groups in total. The third-order valence-electron chi connectivity index (χ3n) is 9.26. The lowest BCUT2D eigenvalue weighted by Crippen LogP contribution is -2.44. The first kappa shape index (κ1) is 37.0. The van der Waals surface area contributed by atoms with Crippen molar-refractivity contribution in [1.29, 1.82) is 0 Å². The van der Waals surface area contributed by atoms with Gasteiger partial charge in [0.25, 0.3) is 17.5 Å². The van der Waals surface area contributed by atoms with E-state index in [1.807, 2.05) is 25.1 Å². The topological polar surface area (TPSA) is 117 Å². The number of methoxy groups -OCH3 is 1. The zero-order valence-corrected chi connectivity index (χ0v) is 29.9. The lowest BCUT2D eigenvalue weighted by Gasteiger charge is -2.32. The van der Waals surface area contributed by atoms with Crippen molar-refractivity contribution in [2.75, 3.05) is 70.8 Å². The van der Waals surface area contributed by atoms with Crippen LogP contribution in [-0.4, -0.2) is 87.1 Å². The molecule has 0 aliphatic carbocycles. The highest BCUT2D eigenvalue weighted by Crippen LogP contribution is 2.33. The van der Waals surface area contributed by atoms with E-state index in [9.17, 15) is 19.7 Å². The molecule has 5 rings (SSSR count). The van der Waals surface area contributed by atoms with Crippen molar-refractivity contribution in [3.8, 4) is 22.6 Å². The van der Waals surface area contributed by atoms with Crippen LogP contribution in [0.1, 0.15) is 52.0 Å². The molecule has 0 atom stereocenters. The molecule has 0 radical (unpaired) electrons. The third-order valence-corrected chi connectivity index (χ3v) is 9.26. The molecule has 1 aliphatic heterocycles. The zero-order chi connectivity index (χ0) is 36.3. The maximum atomic E-state index is 13.7. The molecule has 4 aromatic carbocycles. The van der Waals surface area contributed by atoms with Gasteiger partial charge < -0.3 is 29.5 Å². The van der Waals surface area contributed by atoms with Crippen molar-refractivity contribution < 1.29 is 24.0 Å². The molecule has 1 aliphatic rings. The van der Waals surface area contributed by atoms with Gasteiger partial charge in [-0.3, -0.25) is 19.7 Å². The average Bonchev–Trinajstić information content (AvgIpc) is 3.14. The van der Waals surface area contributed by atoms with Gasteiger partial charge in [0.05, 0.1) is 30.0 Å². The van der Waals surface area contributed by atoms with E-state index >= 15 is 0 Å². The van der Waals surface area contributed by atoms with Crippen LogP contribution >= 0.6 is 0 Å². The van der Waals surface area contributed by atoms with Crippen molar-refractivity contribution in [3.63, 3.8) is 0 Å². The summed E-state index contributed by atoms with van der Waals surface area (Å²) in [5.74, 6) is 0.330. The highest BCUT2D eigenvalue weighted by atomic mass is 16.6. The molecular weight excluding hydrogens is 646 g/mol. The van der Waals surface area contributed by atoms with Gasteiger partial charge in [-0.05, 0) is 98.6 Å². The molecular formula is C40H47N5O6. The van der Waals surface area contributed by atoms with Crippen LogP contribution < -0.4 is 19.7 Å². The largest absolute Gasteiger partial charge is 0.495 e. The fourth-order valence-electron chi connectivity index (χ4n) is 6.17.